The number of carbonyl (C=O) groups is 3. The second-order valence-corrected chi connectivity index (χ2v) is 8.53. The maximum atomic E-state index is 13.9. The molecule has 0 spiro atoms. The Morgan fingerprint density at radius 2 is 1.74 bits per heavy atom. The fourth-order valence-corrected chi connectivity index (χ4v) is 4.66. The smallest absolute Gasteiger partial charge is 0.407 e. The van der Waals surface area contributed by atoms with Crippen molar-refractivity contribution in [3.05, 3.63) is 59.7 Å². The van der Waals surface area contributed by atoms with Gasteiger partial charge in [-0.2, -0.15) is 0 Å². The molecule has 2 N–H and O–H groups in total. The molecule has 1 aliphatic heterocycles. The highest BCUT2D eigenvalue weighted by molar-refractivity contribution is 5.90. The van der Waals surface area contributed by atoms with Crippen LogP contribution in [0.2, 0.25) is 0 Å². The molecule has 2 aromatic rings. The van der Waals surface area contributed by atoms with Gasteiger partial charge in [-0.25, -0.2) is 18.4 Å². The maximum Gasteiger partial charge on any atom is 0.407 e. The Hall–Kier alpha value is -3.93. The zero-order valence-corrected chi connectivity index (χ0v) is 19.0. The average Bonchev–Trinajstić information content (AvgIpc) is 3.34. The molecule has 7 nitrogen and oxygen atoms in total. The average molecular weight is 482 g/mol. The van der Waals surface area contributed by atoms with E-state index in [1.165, 1.54) is 6.92 Å². The first-order valence-corrected chi connectivity index (χ1v) is 11.1. The number of nitrogens with one attached hydrogen (secondary N) is 1. The summed E-state index contributed by atoms with van der Waals surface area (Å²) in [5, 5.41) is 11.7. The lowest BCUT2D eigenvalue weighted by Crippen LogP contribution is -2.52. The zero-order valence-electron chi connectivity index (χ0n) is 19.0. The minimum absolute atomic E-state index is 0.000235. The fraction of sp³-hybridized carbons (Fsp3) is 0.346. The Kier molecular flexibility index (Phi) is 6.74. The number of alkyl carbamates (subject to hydrolysis) is 1. The topological polar surface area (TPSA) is 95.9 Å². The van der Waals surface area contributed by atoms with Gasteiger partial charge in [-0.05, 0) is 29.2 Å². The molecule has 9 heteroatoms. The standard InChI is InChI=1S/C26H24F2N2O5/c1-2-3-12-21(23(31)30-15-26(27,28)13-22(30)24(32)33)29-25(34)35-14-20-18-10-6-4-8-16(18)17-9-5-7-11-19(17)20/h4-11,20-22H,12-15H2,1H3,(H,29,34)(H,32,33)/t21?,22-/m1/s1. The first-order chi connectivity index (χ1) is 16.7. The van der Waals surface area contributed by atoms with E-state index >= 15 is 0 Å². The number of hydrogen-bond donors (Lipinski definition) is 2. The summed E-state index contributed by atoms with van der Waals surface area (Å²) in [5.41, 5.74) is 4.13. The largest absolute Gasteiger partial charge is 0.480 e. The molecular formula is C26H24F2N2O5. The number of rotatable bonds is 6. The first kappa shape index (κ1) is 24.2. The fourth-order valence-electron chi connectivity index (χ4n) is 4.66. The number of halogens is 2. The Bertz CT molecular complexity index is 1170. The maximum absolute atomic E-state index is 13.9. The highest BCUT2D eigenvalue weighted by Gasteiger charge is 2.51. The third kappa shape index (κ3) is 4.97. The highest BCUT2D eigenvalue weighted by Crippen LogP contribution is 2.44. The summed E-state index contributed by atoms with van der Waals surface area (Å²) in [7, 11) is 0. The molecule has 1 aliphatic carbocycles. The van der Waals surface area contributed by atoms with Crippen molar-refractivity contribution in [1.29, 1.82) is 0 Å². The number of carbonyl (C=O) groups excluding carboxylic acids is 2. The summed E-state index contributed by atoms with van der Waals surface area (Å²) in [5.74, 6) is -0.770. The van der Waals surface area contributed by atoms with E-state index in [1.807, 2.05) is 48.5 Å². The zero-order chi connectivity index (χ0) is 25.2. The molecule has 1 heterocycles. The molecule has 0 radical (unpaired) electrons. The van der Waals surface area contributed by atoms with Gasteiger partial charge >= 0.3 is 12.1 Å². The van der Waals surface area contributed by atoms with Gasteiger partial charge in [0.1, 0.15) is 18.7 Å². The number of alkyl halides is 2. The normalized spacial score (nSPS) is 18.6. The number of aliphatic carboxylic acids is 1. The van der Waals surface area contributed by atoms with Gasteiger partial charge in [0, 0.05) is 18.8 Å². The van der Waals surface area contributed by atoms with Gasteiger partial charge in [-0.3, -0.25) is 4.79 Å². The lowest BCUT2D eigenvalue weighted by molar-refractivity contribution is -0.148. The van der Waals surface area contributed by atoms with Crippen LogP contribution in [-0.2, 0) is 14.3 Å². The van der Waals surface area contributed by atoms with Crippen molar-refractivity contribution in [1.82, 2.24) is 10.2 Å². The third-order valence-electron chi connectivity index (χ3n) is 6.25. The molecule has 2 aliphatic rings. The summed E-state index contributed by atoms with van der Waals surface area (Å²) in [6.07, 6.45) is -2.07. The second kappa shape index (κ2) is 9.74. The van der Waals surface area contributed by atoms with Crippen LogP contribution in [0, 0.1) is 11.8 Å². The van der Waals surface area contributed by atoms with E-state index in [0.29, 0.717) is 4.90 Å². The molecule has 2 atom stereocenters. The van der Waals surface area contributed by atoms with Gasteiger partial charge in [0.25, 0.3) is 5.92 Å². The van der Waals surface area contributed by atoms with Crippen molar-refractivity contribution in [2.75, 3.05) is 13.2 Å². The number of carboxylic acids is 1. The molecule has 2 aromatic carbocycles. The van der Waals surface area contributed by atoms with Crippen LogP contribution in [0.3, 0.4) is 0 Å². The van der Waals surface area contributed by atoms with Crippen LogP contribution in [0.15, 0.2) is 48.5 Å². The van der Waals surface area contributed by atoms with E-state index in [-0.39, 0.29) is 18.9 Å². The number of fused-ring (bicyclic) bond motifs is 3. The Labute approximate surface area is 201 Å². The van der Waals surface area contributed by atoms with Crippen LogP contribution in [0.5, 0.6) is 0 Å². The lowest BCUT2D eigenvalue weighted by Gasteiger charge is -2.26. The van der Waals surface area contributed by atoms with E-state index in [0.717, 1.165) is 22.3 Å². The Balaban J connectivity index is 1.46. The molecule has 0 aromatic heterocycles. The minimum atomic E-state index is -3.33. The molecule has 1 unspecified atom stereocenters. The molecule has 0 bridgehead atoms. The van der Waals surface area contributed by atoms with Gasteiger partial charge in [-0.1, -0.05) is 48.5 Å². The van der Waals surface area contributed by atoms with Crippen molar-refractivity contribution in [3.63, 3.8) is 0 Å². The number of likely N-dealkylation sites (tertiary alicyclic amines) is 1. The van der Waals surface area contributed by atoms with Gasteiger partial charge in [0.2, 0.25) is 5.91 Å². The van der Waals surface area contributed by atoms with Crippen LogP contribution in [0.4, 0.5) is 13.6 Å². The van der Waals surface area contributed by atoms with E-state index < -0.39 is 48.9 Å². The minimum Gasteiger partial charge on any atom is -0.480 e. The molecule has 1 saturated heterocycles. The van der Waals surface area contributed by atoms with Crippen LogP contribution >= 0.6 is 0 Å². The predicted octanol–water partition coefficient (Wildman–Crippen LogP) is 3.63. The van der Waals surface area contributed by atoms with Crippen LogP contribution in [-0.4, -0.2) is 59.1 Å². The van der Waals surface area contributed by atoms with E-state index in [2.05, 4.69) is 17.2 Å². The van der Waals surface area contributed by atoms with E-state index in [9.17, 15) is 28.3 Å². The number of carboxylic acid groups (broad SMARTS) is 1. The number of hydrogen-bond acceptors (Lipinski definition) is 4. The third-order valence-corrected chi connectivity index (χ3v) is 6.25. The van der Waals surface area contributed by atoms with Gasteiger partial charge in [0.05, 0.1) is 6.54 Å². The monoisotopic (exact) mass is 482 g/mol. The summed E-state index contributed by atoms with van der Waals surface area (Å²) in [4.78, 5) is 37.6. The van der Waals surface area contributed by atoms with Crippen molar-refractivity contribution in [3.8, 4) is 23.0 Å². The van der Waals surface area contributed by atoms with Crippen LogP contribution < -0.4 is 5.32 Å². The van der Waals surface area contributed by atoms with Crippen molar-refractivity contribution < 1.29 is 33.0 Å². The molecule has 4 rings (SSSR count). The van der Waals surface area contributed by atoms with Crippen molar-refractivity contribution in [2.45, 2.75) is 43.7 Å². The molecule has 1 fully saturated rings. The Morgan fingerprint density at radius 1 is 1.14 bits per heavy atom. The summed E-state index contributed by atoms with van der Waals surface area (Å²) in [6.45, 7) is 0.490. The van der Waals surface area contributed by atoms with Crippen LogP contribution in [0.1, 0.15) is 36.8 Å². The number of amides is 2. The quantitative estimate of drug-likeness (QED) is 0.613. The van der Waals surface area contributed by atoms with E-state index in [1.54, 1.807) is 0 Å². The molecule has 0 saturated carbocycles. The molecule has 2 amide bonds. The highest BCUT2D eigenvalue weighted by atomic mass is 19.3. The van der Waals surface area contributed by atoms with Crippen molar-refractivity contribution in [2.24, 2.45) is 0 Å². The first-order valence-electron chi connectivity index (χ1n) is 11.1. The number of nitrogens with zero attached hydrogens (tertiary/aromatic N) is 1. The molecular weight excluding hydrogens is 458 g/mol. The second-order valence-electron chi connectivity index (χ2n) is 8.53. The summed E-state index contributed by atoms with van der Waals surface area (Å²) < 4.78 is 33.2. The van der Waals surface area contributed by atoms with Gasteiger partial charge < -0.3 is 20.1 Å². The number of ether oxygens (including phenoxy) is 1. The van der Waals surface area contributed by atoms with Gasteiger partial charge in [0.15, 0.2) is 0 Å². The molecule has 182 valence electrons. The lowest BCUT2D eigenvalue weighted by atomic mass is 9.98. The van der Waals surface area contributed by atoms with Crippen molar-refractivity contribution >= 4 is 18.0 Å². The van der Waals surface area contributed by atoms with Gasteiger partial charge in [-0.15, -0.1) is 11.8 Å². The number of benzene rings is 2. The Morgan fingerprint density at radius 3 is 2.31 bits per heavy atom. The van der Waals surface area contributed by atoms with Crippen LogP contribution in [0.25, 0.3) is 11.1 Å². The summed E-state index contributed by atoms with van der Waals surface area (Å²) >= 11 is 0. The summed E-state index contributed by atoms with van der Waals surface area (Å²) in [6, 6.07) is 12.6. The predicted molar refractivity (Wildman–Crippen MR) is 123 cm³/mol. The molecule has 35 heavy (non-hydrogen) atoms. The van der Waals surface area contributed by atoms with E-state index in [4.69, 9.17) is 4.74 Å². The SMILES string of the molecule is CC#CCC(NC(=O)OCC1c2ccccc2-c2ccccc21)C(=O)N1CC(F)(F)C[C@@H]1C(=O)O.